The lowest BCUT2D eigenvalue weighted by Gasteiger charge is -2.34. The van der Waals surface area contributed by atoms with Gasteiger partial charge >= 0.3 is 0 Å². The zero-order valence-corrected chi connectivity index (χ0v) is 9.42. The lowest BCUT2D eigenvalue weighted by molar-refractivity contribution is 0.0546. The molecule has 0 aromatic heterocycles. The first kappa shape index (κ1) is 12.2. The molecule has 1 saturated heterocycles. The average Bonchev–Trinajstić information content (AvgIpc) is 2.21. The van der Waals surface area contributed by atoms with Crippen LogP contribution in [0.25, 0.3) is 0 Å². The number of halogens is 2. The summed E-state index contributed by atoms with van der Waals surface area (Å²) in [7, 11) is -4.05. The number of nitrogen functional groups attached to an aromatic ring is 1. The normalized spacial score (nSPS) is 18.1. The van der Waals surface area contributed by atoms with Crippen LogP contribution in [0.3, 0.4) is 0 Å². The maximum atomic E-state index is 13.5. The standard InChI is InChI=1S/C9H10F2N2O3S/c10-6-1-2-7(8(11)9(6)12)17(15,16)13-3-5(14)4-13/h1-2,5,14H,3-4,12H2. The third-order valence-electron chi connectivity index (χ3n) is 2.54. The van der Waals surface area contributed by atoms with Crippen LogP contribution in [0.1, 0.15) is 0 Å². The number of benzene rings is 1. The van der Waals surface area contributed by atoms with Gasteiger partial charge in [0.25, 0.3) is 0 Å². The highest BCUT2D eigenvalue weighted by atomic mass is 32.2. The fourth-order valence-electron chi connectivity index (χ4n) is 1.50. The zero-order valence-electron chi connectivity index (χ0n) is 8.60. The van der Waals surface area contributed by atoms with Gasteiger partial charge in [-0.05, 0) is 12.1 Å². The van der Waals surface area contributed by atoms with Gasteiger partial charge in [-0.1, -0.05) is 0 Å². The van der Waals surface area contributed by atoms with Crippen molar-refractivity contribution in [3.63, 3.8) is 0 Å². The van der Waals surface area contributed by atoms with Crippen LogP contribution < -0.4 is 5.73 Å². The number of hydrogen-bond donors (Lipinski definition) is 2. The molecule has 0 spiro atoms. The number of β-amino-alcohol motifs (C(OH)–C–C–N with tert-alkyl or cyclic N) is 1. The number of nitrogens with two attached hydrogens (primary N) is 1. The molecule has 1 aromatic rings. The summed E-state index contributed by atoms with van der Waals surface area (Å²) in [5.41, 5.74) is 4.26. The van der Waals surface area contributed by atoms with Crippen molar-refractivity contribution in [3.05, 3.63) is 23.8 Å². The van der Waals surface area contributed by atoms with Gasteiger partial charge in [-0.15, -0.1) is 0 Å². The van der Waals surface area contributed by atoms with E-state index < -0.39 is 38.3 Å². The molecular weight excluding hydrogens is 254 g/mol. The molecule has 1 aliphatic heterocycles. The van der Waals surface area contributed by atoms with E-state index in [4.69, 9.17) is 10.8 Å². The van der Waals surface area contributed by atoms with Gasteiger partial charge in [-0.2, -0.15) is 4.31 Å². The molecule has 1 aliphatic rings. The Labute approximate surface area is 96.5 Å². The number of hydrogen-bond acceptors (Lipinski definition) is 4. The van der Waals surface area contributed by atoms with Crippen molar-refractivity contribution in [1.29, 1.82) is 0 Å². The molecule has 5 nitrogen and oxygen atoms in total. The molecule has 0 unspecified atom stereocenters. The quantitative estimate of drug-likeness (QED) is 0.731. The minimum atomic E-state index is -4.05. The molecule has 0 bridgehead atoms. The minimum Gasteiger partial charge on any atom is -0.394 e. The number of aliphatic hydroxyl groups is 1. The predicted octanol–water partition coefficient (Wildman–Crippen LogP) is -0.0878. The van der Waals surface area contributed by atoms with Crippen LogP contribution in [0.4, 0.5) is 14.5 Å². The second kappa shape index (κ2) is 3.90. The number of aliphatic hydroxyl groups excluding tert-OH is 1. The van der Waals surface area contributed by atoms with Gasteiger partial charge in [0.05, 0.1) is 6.10 Å². The van der Waals surface area contributed by atoms with E-state index in [1.165, 1.54) is 0 Å². The highest BCUT2D eigenvalue weighted by Gasteiger charge is 2.37. The van der Waals surface area contributed by atoms with E-state index in [0.717, 1.165) is 16.4 Å². The average molecular weight is 264 g/mol. The van der Waals surface area contributed by atoms with Crippen molar-refractivity contribution >= 4 is 15.7 Å². The van der Waals surface area contributed by atoms with Crippen LogP contribution in [0.5, 0.6) is 0 Å². The molecule has 2 rings (SSSR count). The maximum Gasteiger partial charge on any atom is 0.246 e. The Morgan fingerprint density at radius 2 is 1.94 bits per heavy atom. The fraction of sp³-hybridized carbons (Fsp3) is 0.333. The number of sulfonamides is 1. The highest BCUT2D eigenvalue weighted by Crippen LogP contribution is 2.27. The first-order chi connectivity index (χ1) is 7.84. The van der Waals surface area contributed by atoms with E-state index in [1.54, 1.807) is 0 Å². The van der Waals surface area contributed by atoms with Gasteiger partial charge in [0.1, 0.15) is 16.4 Å². The lowest BCUT2D eigenvalue weighted by Crippen LogP contribution is -2.53. The number of nitrogens with zero attached hydrogens (tertiary/aromatic N) is 1. The molecule has 0 aliphatic carbocycles. The summed E-state index contributed by atoms with van der Waals surface area (Å²) >= 11 is 0. The van der Waals surface area contributed by atoms with Crippen LogP contribution >= 0.6 is 0 Å². The number of anilines is 1. The maximum absolute atomic E-state index is 13.5. The van der Waals surface area contributed by atoms with E-state index in [2.05, 4.69) is 0 Å². The van der Waals surface area contributed by atoms with E-state index in [-0.39, 0.29) is 13.1 Å². The molecule has 1 fully saturated rings. The first-order valence-corrected chi connectivity index (χ1v) is 6.19. The Hall–Kier alpha value is -1.25. The second-order valence-electron chi connectivity index (χ2n) is 3.75. The van der Waals surface area contributed by atoms with Gasteiger partial charge in [-0.25, -0.2) is 17.2 Å². The van der Waals surface area contributed by atoms with Crippen LogP contribution in [0.2, 0.25) is 0 Å². The largest absolute Gasteiger partial charge is 0.394 e. The second-order valence-corrected chi connectivity index (χ2v) is 5.66. The molecule has 1 aromatic carbocycles. The van der Waals surface area contributed by atoms with Crippen molar-refractivity contribution in [3.8, 4) is 0 Å². The van der Waals surface area contributed by atoms with Crippen molar-refractivity contribution in [2.45, 2.75) is 11.0 Å². The van der Waals surface area contributed by atoms with Gasteiger partial charge in [0.2, 0.25) is 10.0 Å². The van der Waals surface area contributed by atoms with Gasteiger partial charge in [-0.3, -0.25) is 0 Å². The molecule has 94 valence electrons. The van der Waals surface area contributed by atoms with Crippen molar-refractivity contribution in [1.82, 2.24) is 4.31 Å². The number of rotatable bonds is 2. The fourth-order valence-corrected chi connectivity index (χ4v) is 3.09. The summed E-state index contributed by atoms with van der Waals surface area (Å²) in [4.78, 5) is -0.677. The van der Waals surface area contributed by atoms with Gasteiger partial charge in [0.15, 0.2) is 5.82 Å². The lowest BCUT2D eigenvalue weighted by atomic mass is 10.2. The third kappa shape index (κ3) is 1.88. The molecule has 17 heavy (non-hydrogen) atoms. The molecule has 1 heterocycles. The summed E-state index contributed by atoms with van der Waals surface area (Å²) in [6, 6.07) is 1.61. The Balaban J connectivity index is 2.44. The predicted molar refractivity (Wildman–Crippen MR) is 55.5 cm³/mol. The Morgan fingerprint density at radius 1 is 1.35 bits per heavy atom. The minimum absolute atomic E-state index is 0.0982. The Kier molecular flexibility index (Phi) is 2.80. The van der Waals surface area contributed by atoms with Crippen LogP contribution in [0.15, 0.2) is 17.0 Å². The third-order valence-corrected chi connectivity index (χ3v) is 4.39. The van der Waals surface area contributed by atoms with Crippen molar-refractivity contribution in [2.24, 2.45) is 0 Å². The Morgan fingerprint density at radius 3 is 2.47 bits per heavy atom. The summed E-state index contributed by atoms with van der Waals surface area (Å²) in [5, 5.41) is 9.01. The Bertz CT molecular complexity index is 556. The topological polar surface area (TPSA) is 83.6 Å². The van der Waals surface area contributed by atoms with Crippen LogP contribution in [0, 0.1) is 11.6 Å². The molecule has 0 amide bonds. The summed E-state index contributed by atoms with van der Waals surface area (Å²) in [5.74, 6) is -2.31. The van der Waals surface area contributed by atoms with Crippen LogP contribution in [-0.2, 0) is 10.0 Å². The van der Waals surface area contributed by atoms with E-state index in [9.17, 15) is 17.2 Å². The molecule has 0 saturated carbocycles. The first-order valence-electron chi connectivity index (χ1n) is 4.75. The highest BCUT2D eigenvalue weighted by molar-refractivity contribution is 7.89. The monoisotopic (exact) mass is 264 g/mol. The van der Waals surface area contributed by atoms with Crippen molar-refractivity contribution < 1.29 is 22.3 Å². The molecule has 8 heteroatoms. The van der Waals surface area contributed by atoms with Gasteiger partial charge in [0, 0.05) is 13.1 Å². The van der Waals surface area contributed by atoms with Gasteiger partial charge < -0.3 is 10.8 Å². The molecule has 3 N–H and O–H groups in total. The SMILES string of the molecule is Nc1c(F)ccc(S(=O)(=O)N2CC(O)C2)c1F. The van der Waals surface area contributed by atoms with E-state index in [0.29, 0.717) is 0 Å². The van der Waals surface area contributed by atoms with Crippen molar-refractivity contribution in [2.75, 3.05) is 18.8 Å². The zero-order chi connectivity index (χ0) is 12.8. The molecule has 0 atom stereocenters. The summed E-state index contributed by atoms with van der Waals surface area (Å²) in [6.45, 7) is -0.196. The van der Waals surface area contributed by atoms with E-state index in [1.807, 2.05) is 0 Å². The molecular formula is C9H10F2N2O3S. The van der Waals surface area contributed by atoms with Crippen LogP contribution in [-0.4, -0.2) is 37.0 Å². The smallest absolute Gasteiger partial charge is 0.246 e. The summed E-state index contributed by atoms with van der Waals surface area (Å²) < 4.78 is 51.0. The summed E-state index contributed by atoms with van der Waals surface area (Å²) in [6.07, 6.45) is -0.745. The van der Waals surface area contributed by atoms with E-state index >= 15 is 0 Å². The molecule has 0 radical (unpaired) electrons.